The topological polar surface area (TPSA) is 113 Å². The van der Waals surface area contributed by atoms with Crippen molar-refractivity contribution in [3.8, 4) is 5.75 Å². The Labute approximate surface area is 122 Å². The average molecular weight is 346 g/mol. The van der Waals surface area contributed by atoms with Crippen LogP contribution in [0.3, 0.4) is 0 Å². The molecular formula is C12H12BrNO6. The first kappa shape index (κ1) is 16.0. The molecule has 0 aliphatic carbocycles. The van der Waals surface area contributed by atoms with Crippen LogP contribution in [0.25, 0.3) is 0 Å². The number of carbonyl (C=O) groups excluding carboxylic acids is 1. The summed E-state index contributed by atoms with van der Waals surface area (Å²) in [7, 11) is 1.47. The minimum atomic E-state index is -1.49. The molecule has 20 heavy (non-hydrogen) atoms. The van der Waals surface area contributed by atoms with Crippen LogP contribution in [-0.4, -0.2) is 41.2 Å². The van der Waals surface area contributed by atoms with Gasteiger partial charge >= 0.3 is 11.9 Å². The van der Waals surface area contributed by atoms with Crippen LogP contribution >= 0.6 is 15.9 Å². The van der Waals surface area contributed by atoms with Crippen molar-refractivity contribution >= 4 is 33.8 Å². The Balaban J connectivity index is 2.86. The number of hydrogen-bond acceptors (Lipinski definition) is 4. The Bertz CT molecular complexity index is 545. The van der Waals surface area contributed by atoms with Gasteiger partial charge in [0.2, 0.25) is 0 Å². The predicted molar refractivity (Wildman–Crippen MR) is 71.8 cm³/mol. The van der Waals surface area contributed by atoms with Crippen molar-refractivity contribution in [2.24, 2.45) is 0 Å². The van der Waals surface area contributed by atoms with E-state index >= 15 is 0 Å². The smallest absolute Gasteiger partial charge is 0.326 e. The molecule has 7 nitrogen and oxygen atoms in total. The molecule has 0 radical (unpaired) electrons. The molecule has 0 aliphatic rings. The van der Waals surface area contributed by atoms with Gasteiger partial charge in [-0.2, -0.15) is 0 Å². The van der Waals surface area contributed by atoms with Crippen molar-refractivity contribution in [3.63, 3.8) is 0 Å². The first-order valence-corrected chi connectivity index (χ1v) is 6.23. The van der Waals surface area contributed by atoms with Crippen molar-refractivity contribution in [1.82, 2.24) is 5.32 Å². The number of aliphatic carboxylic acids is 2. The molecule has 0 saturated heterocycles. The van der Waals surface area contributed by atoms with E-state index in [-0.39, 0.29) is 5.56 Å². The summed E-state index contributed by atoms with van der Waals surface area (Å²) >= 11 is 3.20. The number of carbonyl (C=O) groups is 3. The fourth-order valence-electron chi connectivity index (χ4n) is 1.42. The van der Waals surface area contributed by atoms with E-state index in [2.05, 4.69) is 21.2 Å². The van der Waals surface area contributed by atoms with Gasteiger partial charge in [-0.05, 0) is 34.1 Å². The molecule has 0 spiro atoms. The predicted octanol–water partition coefficient (Wildman–Crippen LogP) is 1.12. The van der Waals surface area contributed by atoms with Gasteiger partial charge in [0.05, 0.1) is 18.0 Å². The van der Waals surface area contributed by atoms with E-state index in [1.807, 2.05) is 0 Å². The van der Waals surface area contributed by atoms with Gasteiger partial charge in [-0.1, -0.05) is 0 Å². The van der Waals surface area contributed by atoms with Crippen LogP contribution in [-0.2, 0) is 9.59 Å². The average Bonchev–Trinajstić information content (AvgIpc) is 2.37. The molecule has 0 bridgehead atoms. The monoisotopic (exact) mass is 345 g/mol. The summed E-state index contributed by atoms with van der Waals surface area (Å²) < 4.78 is 5.53. The molecule has 1 aromatic rings. The zero-order valence-electron chi connectivity index (χ0n) is 10.4. The lowest BCUT2D eigenvalue weighted by molar-refractivity contribution is -0.145. The van der Waals surface area contributed by atoms with Gasteiger partial charge in [0, 0.05) is 5.56 Å². The SMILES string of the molecule is COc1ccc(C(=O)NC(CC(=O)O)C(=O)O)cc1Br. The number of ether oxygens (including phenoxy) is 1. The molecule has 0 saturated carbocycles. The first-order valence-electron chi connectivity index (χ1n) is 5.44. The van der Waals surface area contributed by atoms with E-state index < -0.39 is 30.3 Å². The van der Waals surface area contributed by atoms with Crippen molar-refractivity contribution in [2.45, 2.75) is 12.5 Å². The second-order valence-corrected chi connectivity index (χ2v) is 4.67. The molecule has 0 aliphatic heterocycles. The Kier molecular flexibility index (Phi) is 5.51. The lowest BCUT2D eigenvalue weighted by Crippen LogP contribution is -2.42. The molecule has 1 rings (SSSR count). The van der Waals surface area contributed by atoms with Crippen molar-refractivity contribution in [2.75, 3.05) is 7.11 Å². The molecule has 108 valence electrons. The molecule has 1 atom stereocenters. The Morgan fingerprint density at radius 3 is 2.45 bits per heavy atom. The fraction of sp³-hybridized carbons (Fsp3) is 0.250. The van der Waals surface area contributed by atoms with E-state index in [4.69, 9.17) is 14.9 Å². The van der Waals surface area contributed by atoms with Crippen LogP contribution in [0.5, 0.6) is 5.75 Å². The summed E-state index contributed by atoms with van der Waals surface area (Å²) in [6, 6.07) is 2.94. The Morgan fingerprint density at radius 2 is 2.00 bits per heavy atom. The van der Waals surface area contributed by atoms with Gasteiger partial charge in [0.25, 0.3) is 5.91 Å². The summed E-state index contributed by atoms with van der Waals surface area (Å²) in [6.07, 6.45) is -0.696. The molecule has 0 fully saturated rings. The minimum absolute atomic E-state index is 0.189. The summed E-state index contributed by atoms with van der Waals surface area (Å²) in [4.78, 5) is 33.3. The number of methoxy groups -OCH3 is 1. The summed E-state index contributed by atoms with van der Waals surface area (Å²) in [5.74, 6) is -2.88. The number of rotatable bonds is 6. The highest BCUT2D eigenvalue weighted by Gasteiger charge is 2.23. The lowest BCUT2D eigenvalue weighted by Gasteiger charge is -2.13. The molecule has 1 unspecified atom stereocenters. The van der Waals surface area contributed by atoms with Crippen molar-refractivity contribution in [3.05, 3.63) is 28.2 Å². The maximum absolute atomic E-state index is 11.9. The lowest BCUT2D eigenvalue weighted by atomic mass is 10.1. The highest BCUT2D eigenvalue weighted by atomic mass is 79.9. The standard InChI is InChI=1S/C12H12BrNO6/c1-20-9-3-2-6(4-7(9)13)11(17)14-8(12(18)19)5-10(15)16/h2-4,8H,5H2,1H3,(H,14,17)(H,15,16)(H,18,19). The van der Waals surface area contributed by atoms with Crippen LogP contribution in [0.4, 0.5) is 0 Å². The van der Waals surface area contributed by atoms with Gasteiger partial charge in [-0.15, -0.1) is 0 Å². The second kappa shape index (κ2) is 6.90. The highest BCUT2D eigenvalue weighted by Crippen LogP contribution is 2.25. The van der Waals surface area contributed by atoms with E-state index in [0.717, 1.165) is 0 Å². The molecular weight excluding hydrogens is 334 g/mol. The Hall–Kier alpha value is -2.09. The molecule has 8 heteroatoms. The summed E-state index contributed by atoms with van der Waals surface area (Å²) in [5.41, 5.74) is 0.189. The van der Waals surface area contributed by atoms with Gasteiger partial charge in [-0.25, -0.2) is 4.79 Å². The third-order valence-corrected chi connectivity index (χ3v) is 3.02. The van der Waals surface area contributed by atoms with Gasteiger partial charge in [0.1, 0.15) is 11.8 Å². The van der Waals surface area contributed by atoms with Crippen LogP contribution in [0.15, 0.2) is 22.7 Å². The van der Waals surface area contributed by atoms with Crippen LogP contribution in [0, 0.1) is 0 Å². The number of benzene rings is 1. The summed E-state index contributed by atoms with van der Waals surface area (Å²) in [6.45, 7) is 0. The number of carboxylic acid groups (broad SMARTS) is 2. The second-order valence-electron chi connectivity index (χ2n) is 3.81. The van der Waals surface area contributed by atoms with E-state index in [0.29, 0.717) is 10.2 Å². The quantitative estimate of drug-likeness (QED) is 0.711. The highest BCUT2D eigenvalue weighted by molar-refractivity contribution is 9.10. The Morgan fingerprint density at radius 1 is 1.35 bits per heavy atom. The normalized spacial score (nSPS) is 11.5. The zero-order valence-corrected chi connectivity index (χ0v) is 12.0. The number of nitrogens with one attached hydrogen (secondary N) is 1. The third kappa shape index (κ3) is 4.23. The van der Waals surface area contributed by atoms with E-state index in [9.17, 15) is 14.4 Å². The number of hydrogen-bond donors (Lipinski definition) is 3. The van der Waals surface area contributed by atoms with E-state index in [1.54, 1.807) is 0 Å². The first-order chi connectivity index (χ1) is 9.35. The number of amides is 1. The zero-order chi connectivity index (χ0) is 15.3. The van der Waals surface area contributed by atoms with Gasteiger partial charge in [0.15, 0.2) is 0 Å². The van der Waals surface area contributed by atoms with Gasteiger partial charge in [-0.3, -0.25) is 9.59 Å². The van der Waals surface area contributed by atoms with Crippen LogP contribution in [0.1, 0.15) is 16.8 Å². The van der Waals surface area contributed by atoms with Gasteiger partial charge < -0.3 is 20.3 Å². The van der Waals surface area contributed by atoms with Crippen LogP contribution in [0.2, 0.25) is 0 Å². The maximum Gasteiger partial charge on any atom is 0.326 e. The van der Waals surface area contributed by atoms with E-state index in [1.165, 1.54) is 25.3 Å². The molecule has 1 amide bonds. The van der Waals surface area contributed by atoms with Crippen molar-refractivity contribution < 1.29 is 29.3 Å². The molecule has 1 aromatic carbocycles. The molecule has 0 aromatic heterocycles. The maximum atomic E-state index is 11.9. The third-order valence-electron chi connectivity index (χ3n) is 2.40. The minimum Gasteiger partial charge on any atom is -0.496 e. The number of halogens is 1. The van der Waals surface area contributed by atoms with Crippen molar-refractivity contribution in [1.29, 1.82) is 0 Å². The number of carboxylic acids is 2. The fourth-order valence-corrected chi connectivity index (χ4v) is 1.96. The molecule has 0 heterocycles. The largest absolute Gasteiger partial charge is 0.496 e. The molecule has 3 N–H and O–H groups in total. The van der Waals surface area contributed by atoms with Crippen LogP contribution < -0.4 is 10.1 Å². The summed E-state index contributed by atoms with van der Waals surface area (Å²) in [5, 5.41) is 19.6.